The summed E-state index contributed by atoms with van der Waals surface area (Å²) in [5.41, 5.74) is 4.36. The Labute approximate surface area is 182 Å². The second-order valence-corrected chi connectivity index (χ2v) is 8.45. The maximum atomic E-state index is 12.4. The molecule has 0 radical (unpaired) electrons. The van der Waals surface area contributed by atoms with Crippen LogP contribution in [0, 0.1) is 0 Å². The third-order valence-corrected chi connectivity index (χ3v) is 6.72. The monoisotopic (exact) mass is 420 g/mol. The van der Waals surface area contributed by atoms with Crippen LogP contribution >= 0.6 is 0 Å². The van der Waals surface area contributed by atoms with Gasteiger partial charge in [0.1, 0.15) is 17.8 Å². The van der Waals surface area contributed by atoms with E-state index in [4.69, 9.17) is 14.5 Å². The highest BCUT2D eigenvalue weighted by Gasteiger charge is 2.43. The maximum Gasteiger partial charge on any atom is 0.253 e. The summed E-state index contributed by atoms with van der Waals surface area (Å²) in [4.78, 5) is 19.5. The van der Waals surface area contributed by atoms with Crippen molar-refractivity contribution < 1.29 is 14.3 Å². The van der Waals surface area contributed by atoms with E-state index in [1.165, 1.54) is 5.56 Å². The molecule has 1 aromatic heterocycles. The summed E-state index contributed by atoms with van der Waals surface area (Å²) in [5, 5.41) is 2.97. The molecule has 2 atom stereocenters. The number of amides is 1. The minimum absolute atomic E-state index is 0.0364. The number of carbonyl (C=O) groups is 1. The molecule has 3 heterocycles. The van der Waals surface area contributed by atoms with Gasteiger partial charge in [-0.1, -0.05) is 30.3 Å². The smallest absolute Gasteiger partial charge is 0.253 e. The van der Waals surface area contributed by atoms with E-state index >= 15 is 0 Å². The molecular weight excluding hydrogens is 392 g/mol. The van der Waals surface area contributed by atoms with E-state index in [0.717, 1.165) is 41.8 Å². The molecule has 2 aromatic carbocycles. The van der Waals surface area contributed by atoms with Crippen LogP contribution in [0.1, 0.15) is 35.7 Å². The zero-order valence-electron chi connectivity index (χ0n) is 18.2. The molecule has 3 aromatic rings. The quantitative estimate of drug-likeness (QED) is 0.685. The molecular formula is C24H28N4O3. The van der Waals surface area contributed by atoms with Crippen molar-refractivity contribution in [3.8, 4) is 11.4 Å². The third kappa shape index (κ3) is 3.33. The number of benzene rings is 2. The van der Waals surface area contributed by atoms with Crippen LogP contribution in [0.3, 0.4) is 0 Å². The van der Waals surface area contributed by atoms with Crippen molar-refractivity contribution in [2.75, 3.05) is 20.8 Å². The lowest BCUT2D eigenvalue weighted by Crippen LogP contribution is -2.46. The lowest BCUT2D eigenvalue weighted by Gasteiger charge is -2.36. The molecule has 2 aliphatic rings. The molecule has 1 amide bonds. The molecule has 7 nitrogen and oxygen atoms in total. The highest BCUT2D eigenvalue weighted by Crippen LogP contribution is 2.36. The molecule has 0 saturated carbocycles. The van der Waals surface area contributed by atoms with E-state index in [1.54, 1.807) is 14.2 Å². The summed E-state index contributed by atoms with van der Waals surface area (Å²) < 4.78 is 13.7. The van der Waals surface area contributed by atoms with Crippen LogP contribution in [0.2, 0.25) is 0 Å². The van der Waals surface area contributed by atoms with Gasteiger partial charge in [0.2, 0.25) is 0 Å². The van der Waals surface area contributed by atoms with Crippen molar-refractivity contribution in [1.82, 2.24) is 19.8 Å². The molecule has 5 rings (SSSR count). The average Bonchev–Trinajstić information content (AvgIpc) is 3.26. The van der Waals surface area contributed by atoms with Crippen molar-refractivity contribution in [3.05, 3.63) is 53.6 Å². The van der Waals surface area contributed by atoms with Gasteiger partial charge in [-0.15, -0.1) is 0 Å². The molecule has 0 aliphatic carbocycles. The number of likely N-dealkylation sites (tertiary alicyclic amines) is 1. The summed E-state index contributed by atoms with van der Waals surface area (Å²) in [6.07, 6.45) is 1.95. The van der Waals surface area contributed by atoms with Gasteiger partial charge < -0.3 is 19.4 Å². The Morgan fingerprint density at radius 1 is 1.19 bits per heavy atom. The predicted octanol–water partition coefficient (Wildman–Crippen LogP) is 3.38. The molecule has 7 heteroatoms. The normalized spacial score (nSPS) is 23.8. The van der Waals surface area contributed by atoms with Crippen LogP contribution in [-0.2, 0) is 22.6 Å². The number of nitrogens with zero attached hydrogens (tertiary/aromatic N) is 3. The Morgan fingerprint density at radius 2 is 2.00 bits per heavy atom. The fourth-order valence-corrected chi connectivity index (χ4v) is 4.87. The van der Waals surface area contributed by atoms with E-state index in [1.807, 2.05) is 18.2 Å². The van der Waals surface area contributed by atoms with E-state index in [2.05, 4.69) is 46.0 Å². The molecule has 1 N–H and O–H groups in total. The predicted molar refractivity (Wildman–Crippen MR) is 118 cm³/mol. The summed E-state index contributed by atoms with van der Waals surface area (Å²) >= 11 is 0. The molecule has 0 bridgehead atoms. The van der Waals surface area contributed by atoms with Crippen LogP contribution in [0.25, 0.3) is 22.4 Å². The molecule has 0 unspecified atom stereocenters. The minimum atomic E-state index is -0.321. The van der Waals surface area contributed by atoms with Crippen LogP contribution in [0.5, 0.6) is 0 Å². The van der Waals surface area contributed by atoms with E-state index in [-0.39, 0.29) is 17.9 Å². The first-order valence-electron chi connectivity index (χ1n) is 10.8. The maximum absolute atomic E-state index is 12.4. The highest BCUT2D eigenvalue weighted by molar-refractivity contribution is 6.06. The number of para-hydroxylation sites is 1. The zero-order valence-corrected chi connectivity index (χ0v) is 18.2. The van der Waals surface area contributed by atoms with Crippen molar-refractivity contribution >= 4 is 16.9 Å². The van der Waals surface area contributed by atoms with Gasteiger partial charge in [0.25, 0.3) is 5.91 Å². The number of hydrogen-bond acceptors (Lipinski definition) is 5. The Hall–Kier alpha value is -2.74. The Balaban J connectivity index is 1.47. The van der Waals surface area contributed by atoms with Gasteiger partial charge in [-0.05, 0) is 37.5 Å². The SMILES string of the molecule is CO[C@H]1CC[C@](C)(OC)N1Cc1ccc(-c2nc3cccc4c3n2CCNC4=O)cc1. The number of aromatic nitrogens is 2. The van der Waals surface area contributed by atoms with Gasteiger partial charge in [-0.25, -0.2) is 9.88 Å². The number of imidazole rings is 1. The largest absolute Gasteiger partial charge is 0.366 e. The standard InChI is InChI=1S/C24H28N4O3/c1-24(31-3)12-11-20(30-2)28(24)15-16-7-9-17(10-8-16)22-26-19-6-4-5-18-21(19)27(22)14-13-25-23(18)29/h4-10,20H,11-15H2,1-3H3,(H,25,29)/t20-,24-/m0/s1. The van der Waals surface area contributed by atoms with Gasteiger partial charge in [0.05, 0.1) is 16.6 Å². The van der Waals surface area contributed by atoms with E-state index < -0.39 is 0 Å². The van der Waals surface area contributed by atoms with Gasteiger partial charge in [0, 0.05) is 39.4 Å². The second kappa shape index (κ2) is 7.75. The van der Waals surface area contributed by atoms with Gasteiger partial charge >= 0.3 is 0 Å². The van der Waals surface area contributed by atoms with Crippen LogP contribution in [-0.4, -0.2) is 53.1 Å². The van der Waals surface area contributed by atoms with Crippen molar-refractivity contribution in [2.24, 2.45) is 0 Å². The number of methoxy groups -OCH3 is 2. The summed E-state index contributed by atoms with van der Waals surface area (Å²) in [5.74, 6) is 0.855. The average molecular weight is 421 g/mol. The molecule has 31 heavy (non-hydrogen) atoms. The number of carbonyl (C=O) groups excluding carboxylic acids is 1. The fraction of sp³-hybridized carbons (Fsp3) is 0.417. The number of hydrogen-bond donors (Lipinski definition) is 1. The lowest BCUT2D eigenvalue weighted by molar-refractivity contribution is -0.155. The second-order valence-electron chi connectivity index (χ2n) is 8.45. The molecule has 162 valence electrons. The zero-order chi connectivity index (χ0) is 21.6. The van der Waals surface area contributed by atoms with Gasteiger partial charge in [-0.2, -0.15) is 0 Å². The van der Waals surface area contributed by atoms with Crippen LogP contribution < -0.4 is 5.32 Å². The number of nitrogens with one attached hydrogen (secondary N) is 1. The van der Waals surface area contributed by atoms with Gasteiger partial charge in [0.15, 0.2) is 0 Å². The van der Waals surface area contributed by atoms with Gasteiger partial charge in [-0.3, -0.25) is 4.79 Å². The lowest BCUT2D eigenvalue weighted by atomic mass is 10.1. The molecule has 1 fully saturated rings. The molecule has 0 spiro atoms. The molecule has 2 aliphatic heterocycles. The third-order valence-electron chi connectivity index (χ3n) is 6.72. The minimum Gasteiger partial charge on any atom is -0.366 e. The highest BCUT2D eigenvalue weighted by atomic mass is 16.5. The van der Waals surface area contributed by atoms with E-state index in [9.17, 15) is 4.79 Å². The van der Waals surface area contributed by atoms with Crippen LogP contribution in [0.4, 0.5) is 0 Å². The number of rotatable bonds is 5. The summed E-state index contributed by atoms with van der Waals surface area (Å²) in [6, 6.07) is 14.2. The first kappa shape index (κ1) is 20.2. The Bertz CT molecular complexity index is 1120. The van der Waals surface area contributed by atoms with Crippen molar-refractivity contribution in [2.45, 2.75) is 44.8 Å². The summed E-state index contributed by atoms with van der Waals surface area (Å²) in [7, 11) is 3.52. The first-order valence-corrected chi connectivity index (χ1v) is 10.8. The summed E-state index contributed by atoms with van der Waals surface area (Å²) in [6.45, 7) is 4.16. The first-order chi connectivity index (χ1) is 15.0. The van der Waals surface area contributed by atoms with E-state index in [0.29, 0.717) is 18.7 Å². The topological polar surface area (TPSA) is 68.6 Å². The fourth-order valence-electron chi connectivity index (χ4n) is 4.87. The Morgan fingerprint density at radius 3 is 2.74 bits per heavy atom. The number of ether oxygens (including phenoxy) is 2. The van der Waals surface area contributed by atoms with Crippen molar-refractivity contribution in [3.63, 3.8) is 0 Å². The molecule has 1 saturated heterocycles. The van der Waals surface area contributed by atoms with Crippen molar-refractivity contribution in [1.29, 1.82) is 0 Å². The van der Waals surface area contributed by atoms with Crippen LogP contribution in [0.15, 0.2) is 42.5 Å². The Kier molecular flexibility index (Phi) is 5.04.